The van der Waals surface area contributed by atoms with Gasteiger partial charge >= 0.3 is 12.0 Å². The standard InChI is InChI=1S/C29H32N4O5/c34-25(20-13-14-20)17-32-24-12-5-4-11-23(24)28(21-8-2-1-3-9-21)31-33(29(32)38)18-26(35)30-22-10-6-7-19(15-22)16-27(36)37/h4-7,10-12,15,20-21H,1-3,8-9,13-14,16-18H2,(H,30,35)(H,36,37). The van der Waals surface area contributed by atoms with E-state index >= 15 is 0 Å². The highest BCUT2D eigenvalue weighted by Gasteiger charge is 2.37. The van der Waals surface area contributed by atoms with Crippen molar-refractivity contribution in [2.24, 2.45) is 16.9 Å². The SMILES string of the molecule is O=C(O)Cc1cccc(NC(=O)CN2N=C(C3CCCCC3)c3ccccc3N(CC(=O)C3CC3)C2=O)c1. The molecule has 2 saturated carbocycles. The summed E-state index contributed by atoms with van der Waals surface area (Å²) in [5.74, 6) is -1.25. The van der Waals surface area contributed by atoms with E-state index in [4.69, 9.17) is 10.2 Å². The van der Waals surface area contributed by atoms with E-state index in [1.165, 1.54) is 16.3 Å². The summed E-state index contributed by atoms with van der Waals surface area (Å²) in [5, 5.41) is 17.8. The molecule has 2 aliphatic carbocycles. The number of hydrazone groups is 1. The lowest BCUT2D eigenvalue weighted by molar-refractivity contribution is -0.136. The van der Waals surface area contributed by atoms with Crippen LogP contribution in [0.1, 0.15) is 56.1 Å². The number of rotatable bonds is 9. The largest absolute Gasteiger partial charge is 0.481 e. The number of anilines is 2. The van der Waals surface area contributed by atoms with Crippen LogP contribution in [-0.4, -0.2) is 52.6 Å². The van der Waals surface area contributed by atoms with Gasteiger partial charge in [0, 0.05) is 23.1 Å². The van der Waals surface area contributed by atoms with Crippen molar-refractivity contribution in [2.45, 2.75) is 51.4 Å². The molecule has 198 valence electrons. The van der Waals surface area contributed by atoms with Crippen LogP contribution in [-0.2, 0) is 20.8 Å². The van der Waals surface area contributed by atoms with Gasteiger partial charge in [0.15, 0.2) is 5.78 Å². The van der Waals surface area contributed by atoms with Gasteiger partial charge in [0.1, 0.15) is 6.54 Å². The van der Waals surface area contributed by atoms with Crippen LogP contribution in [0.25, 0.3) is 0 Å². The zero-order valence-electron chi connectivity index (χ0n) is 21.3. The minimum Gasteiger partial charge on any atom is -0.481 e. The Morgan fingerprint density at radius 1 is 0.947 bits per heavy atom. The summed E-state index contributed by atoms with van der Waals surface area (Å²) in [4.78, 5) is 52.3. The highest BCUT2D eigenvalue weighted by atomic mass is 16.4. The number of nitrogens with zero attached hydrogens (tertiary/aromatic N) is 3. The van der Waals surface area contributed by atoms with Crippen LogP contribution in [0.2, 0.25) is 0 Å². The molecule has 2 aromatic carbocycles. The predicted octanol–water partition coefficient (Wildman–Crippen LogP) is 4.46. The number of nitrogens with one attached hydrogen (secondary N) is 1. The number of para-hydroxylation sites is 1. The summed E-state index contributed by atoms with van der Waals surface area (Å²) in [6, 6.07) is 13.7. The number of fused-ring (bicyclic) bond motifs is 1. The first-order valence-electron chi connectivity index (χ1n) is 13.3. The normalized spacial score (nSPS) is 17.9. The van der Waals surface area contributed by atoms with Crippen LogP contribution < -0.4 is 10.2 Å². The third kappa shape index (κ3) is 5.93. The van der Waals surface area contributed by atoms with E-state index in [9.17, 15) is 19.2 Å². The monoisotopic (exact) mass is 516 g/mol. The molecule has 3 amide bonds. The van der Waals surface area contributed by atoms with Gasteiger partial charge in [0.25, 0.3) is 0 Å². The molecule has 5 rings (SSSR count). The summed E-state index contributed by atoms with van der Waals surface area (Å²) >= 11 is 0. The Hall–Kier alpha value is -4.01. The fourth-order valence-electron chi connectivity index (χ4n) is 5.29. The fraction of sp³-hybridized carbons (Fsp3) is 0.414. The van der Waals surface area contributed by atoms with Crippen molar-refractivity contribution < 1.29 is 24.3 Å². The molecule has 0 saturated heterocycles. The maximum absolute atomic E-state index is 13.8. The van der Waals surface area contributed by atoms with Gasteiger partial charge in [0.2, 0.25) is 5.91 Å². The van der Waals surface area contributed by atoms with Gasteiger partial charge in [-0.25, -0.2) is 9.80 Å². The van der Waals surface area contributed by atoms with Crippen LogP contribution in [0.3, 0.4) is 0 Å². The first-order valence-corrected chi connectivity index (χ1v) is 13.3. The van der Waals surface area contributed by atoms with E-state index in [1.807, 2.05) is 24.3 Å². The summed E-state index contributed by atoms with van der Waals surface area (Å²) in [7, 11) is 0. The van der Waals surface area contributed by atoms with Crippen molar-refractivity contribution in [3.05, 3.63) is 59.7 Å². The molecule has 2 fully saturated rings. The van der Waals surface area contributed by atoms with E-state index < -0.39 is 17.9 Å². The highest BCUT2D eigenvalue weighted by molar-refractivity contribution is 6.13. The number of carbonyl (C=O) groups excluding carboxylic acids is 3. The topological polar surface area (TPSA) is 119 Å². The number of urea groups is 1. The van der Waals surface area contributed by atoms with E-state index in [0.717, 1.165) is 49.8 Å². The average molecular weight is 517 g/mol. The molecule has 2 N–H and O–H groups in total. The van der Waals surface area contributed by atoms with Gasteiger partial charge in [-0.3, -0.25) is 19.3 Å². The van der Waals surface area contributed by atoms with Crippen molar-refractivity contribution in [3.8, 4) is 0 Å². The third-order valence-electron chi connectivity index (χ3n) is 7.35. The van der Waals surface area contributed by atoms with Gasteiger partial charge in [-0.2, -0.15) is 5.10 Å². The van der Waals surface area contributed by atoms with Gasteiger partial charge < -0.3 is 10.4 Å². The molecule has 2 aromatic rings. The number of hydrogen-bond donors (Lipinski definition) is 2. The molecule has 0 unspecified atom stereocenters. The maximum Gasteiger partial charge on any atom is 0.345 e. The van der Waals surface area contributed by atoms with E-state index in [2.05, 4.69) is 5.32 Å². The molecule has 1 aliphatic heterocycles. The number of benzene rings is 2. The second kappa shape index (κ2) is 11.2. The molecule has 9 heteroatoms. The van der Waals surface area contributed by atoms with Crippen molar-refractivity contribution in [3.63, 3.8) is 0 Å². The van der Waals surface area contributed by atoms with Crippen LogP contribution in [0, 0.1) is 11.8 Å². The number of aliphatic carboxylic acids is 1. The Labute approximate surface area is 221 Å². The first kappa shape index (κ1) is 25.6. The smallest absolute Gasteiger partial charge is 0.345 e. The first-order chi connectivity index (χ1) is 18.4. The maximum atomic E-state index is 13.8. The number of carboxylic acids is 1. The molecule has 0 spiro atoms. The number of amides is 3. The Kier molecular flexibility index (Phi) is 7.53. The minimum atomic E-state index is -0.964. The summed E-state index contributed by atoms with van der Waals surface area (Å²) in [6.07, 6.45) is 6.77. The molecule has 0 bridgehead atoms. The van der Waals surface area contributed by atoms with Crippen molar-refractivity contribution in [1.29, 1.82) is 0 Å². The molecule has 3 aliphatic rings. The average Bonchev–Trinajstić information content (AvgIpc) is 3.76. The Bertz CT molecular complexity index is 1280. The third-order valence-corrected chi connectivity index (χ3v) is 7.35. The predicted molar refractivity (Wildman–Crippen MR) is 143 cm³/mol. The van der Waals surface area contributed by atoms with Gasteiger partial charge in [-0.15, -0.1) is 0 Å². The van der Waals surface area contributed by atoms with Gasteiger partial charge in [-0.05, 0) is 49.4 Å². The summed E-state index contributed by atoms with van der Waals surface area (Å²) in [6.45, 7) is -0.385. The number of carbonyl (C=O) groups is 4. The van der Waals surface area contributed by atoms with Gasteiger partial charge in [-0.1, -0.05) is 49.6 Å². The molecular formula is C29H32N4O5. The second-order valence-electron chi connectivity index (χ2n) is 10.3. The number of carboxylic acid groups (broad SMARTS) is 1. The van der Waals surface area contributed by atoms with Crippen molar-refractivity contribution in [2.75, 3.05) is 23.3 Å². The Morgan fingerprint density at radius 3 is 2.45 bits per heavy atom. The number of hydrogen-bond acceptors (Lipinski definition) is 5. The van der Waals surface area contributed by atoms with E-state index in [1.54, 1.807) is 24.3 Å². The molecular weight excluding hydrogens is 484 g/mol. The molecule has 38 heavy (non-hydrogen) atoms. The van der Waals surface area contributed by atoms with Crippen molar-refractivity contribution >= 4 is 40.8 Å². The minimum absolute atomic E-state index is 0.00761. The Balaban J connectivity index is 1.44. The molecule has 0 radical (unpaired) electrons. The zero-order valence-corrected chi connectivity index (χ0v) is 21.3. The highest BCUT2D eigenvalue weighted by Crippen LogP contribution is 2.35. The van der Waals surface area contributed by atoms with Crippen LogP contribution in [0.4, 0.5) is 16.2 Å². The van der Waals surface area contributed by atoms with Crippen LogP contribution in [0.15, 0.2) is 53.6 Å². The molecule has 9 nitrogen and oxygen atoms in total. The van der Waals surface area contributed by atoms with Crippen LogP contribution >= 0.6 is 0 Å². The lowest BCUT2D eigenvalue weighted by Crippen LogP contribution is -2.45. The Morgan fingerprint density at radius 2 is 1.71 bits per heavy atom. The lowest BCUT2D eigenvalue weighted by atomic mass is 9.83. The quantitative estimate of drug-likeness (QED) is 0.510. The van der Waals surface area contributed by atoms with E-state index in [-0.39, 0.29) is 37.1 Å². The summed E-state index contributed by atoms with van der Waals surface area (Å²) in [5.41, 5.74) is 3.27. The number of Topliss-reactive ketones (excluding diaryl/α,β-unsaturated/α-hetero) is 1. The molecule has 0 atom stereocenters. The van der Waals surface area contributed by atoms with Crippen molar-refractivity contribution in [1.82, 2.24) is 5.01 Å². The second-order valence-corrected chi connectivity index (χ2v) is 10.3. The zero-order chi connectivity index (χ0) is 26.6. The fourth-order valence-corrected chi connectivity index (χ4v) is 5.29. The van der Waals surface area contributed by atoms with Crippen LogP contribution in [0.5, 0.6) is 0 Å². The molecule has 0 aromatic heterocycles. The molecule has 1 heterocycles. The van der Waals surface area contributed by atoms with Gasteiger partial charge in [0.05, 0.1) is 24.4 Å². The summed E-state index contributed by atoms with van der Waals surface area (Å²) < 4.78 is 0. The lowest BCUT2D eigenvalue weighted by Gasteiger charge is -2.26. The van der Waals surface area contributed by atoms with E-state index in [0.29, 0.717) is 16.9 Å². The number of ketones is 1.